The highest BCUT2D eigenvalue weighted by molar-refractivity contribution is 5.95. The van der Waals surface area contributed by atoms with E-state index in [1.165, 1.54) is 0 Å². The molecule has 0 saturated carbocycles. The molecule has 4 nitrogen and oxygen atoms in total. The lowest BCUT2D eigenvalue weighted by Gasteiger charge is -2.29. The molecule has 1 amide bonds. The first-order chi connectivity index (χ1) is 9.74. The summed E-state index contributed by atoms with van der Waals surface area (Å²) in [6, 6.07) is 9.66. The van der Waals surface area contributed by atoms with Gasteiger partial charge in [0, 0.05) is 12.8 Å². The lowest BCUT2D eigenvalue weighted by Crippen LogP contribution is -2.38. The van der Waals surface area contributed by atoms with Crippen LogP contribution in [0.2, 0.25) is 0 Å². The summed E-state index contributed by atoms with van der Waals surface area (Å²) in [5.41, 5.74) is 2.00. The molecule has 1 aromatic carbocycles. The van der Waals surface area contributed by atoms with Crippen molar-refractivity contribution in [2.45, 2.75) is 19.8 Å². The van der Waals surface area contributed by atoms with Gasteiger partial charge in [-0.15, -0.1) is 0 Å². The summed E-state index contributed by atoms with van der Waals surface area (Å²) < 4.78 is 10.9. The first-order valence-electron chi connectivity index (χ1n) is 6.80. The van der Waals surface area contributed by atoms with Crippen LogP contribution in [0.15, 0.2) is 41.0 Å². The van der Waals surface area contributed by atoms with Crippen molar-refractivity contribution in [3.05, 3.63) is 47.9 Å². The first kappa shape index (κ1) is 12.8. The van der Waals surface area contributed by atoms with E-state index in [1.807, 2.05) is 37.3 Å². The molecular weight excluding hydrogens is 254 g/mol. The Labute approximate surface area is 118 Å². The highest BCUT2D eigenvalue weighted by Gasteiger charge is 2.23. The maximum absolute atomic E-state index is 12.4. The Bertz CT molecular complexity index is 604. The molecule has 2 aromatic rings. The standard InChI is InChI=1S/C16H17NO3/c1-12-4-6-14-15(11-12)20-10-8-17(14)16(18)7-5-13-3-2-9-19-13/h2-4,6,9,11H,5,7-8,10H2,1H3. The van der Waals surface area contributed by atoms with Crippen LogP contribution in [0.5, 0.6) is 5.75 Å². The molecule has 0 saturated heterocycles. The third-order valence-electron chi connectivity index (χ3n) is 3.44. The summed E-state index contributed by atoms with van der Waals surface area (Å²) in [4.78, 5) is 14.2. The van der Waals surface area contributed by atoms with Crippen molar-refractivity contribution in [2.75, 3.05) is 18.1 Å². The Morgan fingerprint density at radius 3 is 3.05 bits per heavy atom. The van der Waals surface area contributed by atoms with Gasteiger partial charge >= 0.3 is 0 Å². The zero-order chi connectivity index (χ0) is 13.9. The van der Waals surface area contributed by atoms with Gasteiger partial charge in [-0.05, 0) is 36.8 Å². The van der Waals surface area contributed by atoms with Crippen molar-refractivity contribution in [2.24, 2.45) is 0 Å². The predicted molar refractivity (Wildman–Crippen MR) is 76.1 cm³/mol. The second kappa shape index (κ2) is 5.41. The molecule has 1 aliphatic heterocycles. The average molecular weight is 271 g/mol. The Balaban J connectivity index is 1.73. The molecule has 4 heteroatoms. The minimum absolute atomic E-state index is 0.106. The number of benzene rings is 1. The predicted octanol–water partition coefficient (Wildman–Crippen LogP) is 2.95. The van der Waals surface area contributed by atoms with E-state index >= 15 is 0 Å². The topological polar surface area (TPSA) is 42.7 Å². The number of aryl methyl sites for hydroxylation is 2. The van der Waals surface area contributed by atoms with Crippen LogP contribution in [-0.2, 0) is 11.2 Å². The Morgan fingerprint density at radius 1 is 1.35 bits per heavy atom. The van der Waals surface area contributed by atoms with Crippen molar-refractivity contribution in [1.29, 1.82) is 0 Å². The van der Waals surface area contributed by atoms with Crippen LogP contribution >= 0.6 is 0 Å². The van der Waals surface area contributed by atoms with E-state index in [0.29, 0.717) is 26.0 Å². The molecule has 2 heterocycles. The monoisotopic (exact) mass is 271 g/mol. The summed E-state index contributed by atoms with van der Waals surface area (Å²) >= 11 is 0. The summed E-state index contributed by atoms with van der Waals surface area (Å²) in [5, 5.41) is 0. The third kappa shape index (κ3) is 2.54. The summed E-state index contributed by atoms with van der Waals surface area (Å²) in [6.07, 6.45) is 2.71. The quantitative estimate of drug-likeness (QED) is 0.862. The zero-order valence-corrected chi connectivity index (χ0v) is 11.5. The van der Waals surface area contributed by atoms with Gasteiger partial charge in [0.05, 0.1) is 18.5 Å². The number of anilines is 1. The summed E-state index contributed by atoms with van der Waals surface area (Å²) in [7, 11) is 0. The number of nitrogens with zero attached hydrogens (tertiary/aromatic N) is 1. The van der Waals surface area contributed by atoms with E-state index in [9.17, 15) is 4.79 Å². The van der Waals surface area contributed by atoms with Gasteiger partial charge in [-0.3, -0.25) is 4.79 Å². The van der Waals surface area contributed by atoms with Gasteiger partial charge in [0.25, 0.3) is 0 Å². The Morgan fingerprint density at radius 2 is 2.25 bits per heavy atom. The van der Waals surface area contributed by atoms with Gasteiger partial charge in [-0.2, -0.15) is 0 Å². The molecule has 0 radical (unpaired) electrons. The molecule has 0 atom stereocenters. The lowest BCUT2D eigenvalue weighted by atomic mass is 10.1. The van der Waals surface area contributed by atoms with Crippen LogP contribution < -0.4 is 9.64 Å². The number of carbonyl (C=O) groups is 1. The van der Waals surface area contributed by atoms with E-state index < -0.39 is 0 Å². The maximum Gasteiger partial charge on any atom is 0.227 e. The van der Waals surface area contributed by atoms with E-state index in [4.69, 9.17) is 9.15 Å². The Hall–Kier alpha value is -2.23. The maximum atomic E-state index is 12.4. The summed E-state index contributed by atoms with van der Waals surface area (Å²) in [6.45, 7) is 3.16. The van der Waals surface area contributed by atoms with Gasteiger partial charge in [-0.1, -0.05) is 6.07 Å². The number of ether oxygens (including phenoxy) is 1. The number of hydrogen-bond donors (Lipinski definition) is 0. The van der Waals surface area contributed by atoms with E-state index in [1.54, 1.807) is 11.2 Å². The molecule has 0 aliphatic carbocycles. The molecule has 0 fully saturated rings. The average Bonchev–Trinajstić information content (AvgIpc) is 2.97. The van der Waals surface area contributed by atoms with Crippen molar-refractivity contribution >= 4 is 11.6 Å². The van der Waals surface area contributed by atoms with Crippen molar-refractivity contribution in [3.8, 4) is 5.75 Å². The van der Waals surface area contributed by atoms with Crippen LogP contribution in [-0.4, -0.2) is 19.1 Å². The number of amides is 1. The minimum Gasteiger partial charge on any atom is -0.490 e. The van der Waals surface area contributed by atoms with Crippen LogP contribution in [0.1, 0.15) is 17.7 Å². The highest BCUT2D eigenvalue weighted by atomic mass is 16.5. The van der Waals surface area contributed by atoms with Gasteiger partial charge < -0.3 is 14.1 Å². The second-order valence-electron chi connectivity index (χ2n) is 4.94. The molecule has 1 aliphatic rings. The van der Waals surface area contributed by atoms with E-state index in [0.717, 1.165) is 22.8 Å². The fourth-order valence-electron chi connectivity index (χ4n) is 2.41. The molecule has 20 heavy (non-hydrogen) atoms. The fourth-order valence-corrected chi connectivity index (χ4v) is 2.41. The minimum atomic E-state index is 0.106. The van der Waals surface area contributed by atoms with Crippen molar-refractivity contribution < 1.29 is 13.9 Å². The van der Waals surface area contributed by atoms with Crippen molar-refractivity contribution in [3.63, 3.8) is 0 Å². The third-order valence-corrected chi connectivity index (χ3v) is 3.44. The normalized spacial score (nSPS) is 13.8. The van der Waals surface area contributed by atoms with Crippen LogP contribution in [0.25, 0.3) is 0 Å². The van der Waals surface area contributed by atoms with Gasteiger partial charge in [0.1, 0.15) is 18.1 Å². The van der Waals surface area contributed by atoms with Gasteiger partial charge in [-0.25, -0.2) is 0 Å². The molecule has 1 aromatic heterocycles. The van der Waals surface area contributed by atoms with Crippen LogP contribution in [0.4, 0.5) is 5.69 Å². The van der Waals surface area contributed by atoms with Crippen LogP contribution in [0, 0.1) is 6.92 Å². The molecule has 104 valence electrons. The SMILES string of the molecule is Cc1ccc2c(c1)OCCN2C(=O)CCc1ccco1. The summed E-state index contributed by atoms with van der Waals surface area (Å²) in [5.74, 6) is 1.74. The Kier molecular flexibility index (Phi) is 3.46. The number of hydrogen-bond acceptors (Lipinski definition) is 3. The molecular formula is C16H17NO3. The van der Waals surface area contributed by atoms with E-state index in [-0.39, 0.29) is 5.91 Å². The molecule has 0 N–H and O–H groups in total. The van der Waals surface area contributed by atoms with Gasteiger partial charge in [0.15, 0.2) is 0 Å². The molecule has 0 spiro atoms. The molecule has 0 unspecified atom stereocenters. The van der Waals surface area contributed by atoms with Crippen molar-refractivity contribution in [1.82, 2.24) is 0 Å². The number of rotatable bonds is 3. The lowest BCUT2D eigenvalue weighted by molar-refractivity contribution is -0.118. The number of fused-ring (bicyclic) bond motifs is 1. The number of furan rings is 1. The number of carbonyl (C=O) groups excluding carboxylic acids is 1. The van der Waals surface area contributed by atoms with Crippen LogP contribution in [0.3, 0.4) is 0 Å². The van der Waals surface area contributed by atoms with E-state index in [2.05, 4.69) is 0 Å². The molecule has 0 bridgehead atoms. The smallest absolute Gasteiger partial charge is 0.227 e. The highest BCUT2D eigenvalue weighted by Crippen LogP contribution is 2.32. The second-order valence-corrected chi connectivity index (χ2v) is 4.94. The fraction of sp³-hybridized carbons (Fsp3) is 0.312. The molecule has 3 rings (SSSR count). The first-order valence-corrected chi connectivity index (χ1v) is 6.80. The largest absolute Gasteiger partial charge is 0.490 e. The zero-order valence-electron chi connectivity index (χ0n) is 11.5. The van der Waals surface area contributed by atoms with Gasteiger partial charge in [0.2, 0.25) is 5.91 Å².